The first kappa shape index (κ1) is 23.1. The van der Waals surface area contributed by atoms with E-state index in [9.17, 15) is 18.0 Å². The zero-order valence-corrected chi connectivity index (χ0v) is 17.3. The Balaban J connectivity index is 2.63. The van der Waals surface area contributed by atoms with Gasteiger partial charge in [-0.25, -0.2) is 8.42 Å². The van der Waals surface area contributed by atoms with Crippen molar-refractivity contribution in [1.82, 2.24) is 15.2 Å². The van der Waals surface area contributed by atoms with Gasteiger partial charge in [0.2, 0.25) is 15.9 Å². The summed E-state index contributed by atoms with van der Waals surface area (Å²) in [6.45, 7) is 6.35. The summed E-state index contributed by atoms with van der Waals surface area (Å²) in [5, 5.41) is 0. The number of rotatable bonds is 11. The van der Waals surface area contributed by atoms with Crippen LogP contribution >= 0.6 is 0 Å². The van der Waals surface area contributed by atoms with E-state index >= 15 is 0 Å². The standard InChI is InChI=1S/C19H31N3O4S/c1-4-7-8-9-10-14-18(23)20-21-19(24)16-12-11-13-17(15-16)27(25,26)22(5-2)6-3/h11-13,15H,4-10,14H2,1-3H3,(H,20,23)(H,21,24). The summed E-state index contributed by atoms with van der Waals surface area (Å²) >= 11 is 0. The van der Waals surface area contributed by atoms with Gasteiger partial charge in [-0.15, -0.1) is 0 Å². The highest BCUT2D eigenvalue weighted by molar-refractivity contribution is 7.89. The summed E-state index contributed by atoms with van der Waals surface area (Å²) < 4.78 is 26.4. The van der Waals surface area contributed by atoms with Gasteiger partial charge in [0.1, 0.15) is 0 Å². The fourth-order valence-corrected chi connectivity index (χ4v) is 4.17. The molecule has 0 aromatic heterocycles. The molecule has 0 saturated carbocycles. The molecule has 0 spiro atoms. The van der Waals surface area contributed by atoms with Crippen LogP contribution in [0.4, 0.5) is 0 Å². The van der Waals surface area contributed by atoms with Crippen LogP contribution in [0.15, 0.2) is 29.2 Å². The van der Waals surface area contributed by atoms with Crippen LogP contribution in [0.1, 0.15) is 69.7 Å². The maximum absolute atomic E-state index is 12.6. The predicted octanol–water partition coefficient (Wildman–Crippen LogP) is 2.84. The number of amides is 2. The Morgan fingerprint density at radius 2 is 1.63 bits per heavy atom. The second-order valence-corrected chi connectivity index (χ2v) is 8.22. The summed E-state index contributed by atoms with van der Waals surface area (Å²) in [5.41, 5.74) is 4.89. The quantitative estimate of drug-likeness (QED) is 0.443. The number of benzene rings is 1. The second kappa shape index (κ2) is 11.7. The molecule has 0 fully saturated rings. The third-order valence-electron chi connectivity index (χ3n) is 4.26. The molecule has 1 rings (SSSR count). The molecule has 8 heteroatoms. The second-order valence-electron chi connectivity index (χ2n) is 6.28. The van der Waals surface area contributed by atoms with Crippen LogP contribution < -0.4 is 10.9 Å². The van der Waals surface area contributed by atoms with E-state index in [1.807, 2.05) is 0 Å². The number of nitrogens with one attached hydrogen (secondary N) is 2. The molecule has 0 aliphatic carbocycles. The topological polar surface area (TPSA) is 95.6 Å². The van der Waals surface area contributed by atoms with Gasteiger partial charge in [-0.05, 0) is 24.6 Å². The Morgan fingerprint density at radius 3 is 2.26 bits per heavy atom. The number of sulfonamides is 1. The van der Waals surface area contributed by atoms with Crippen LogP contribution in [-0.2, 0) is 14.8 Å². The minimum atomic E-state index is -3.64. The molecule has 0 bridgehead atoms. The van der Waals surface area contributed by atoms with Crippen LogP contribution in [0.2, 0.25) is 0 Å². The molecule has 1 aromatic rings. The van der Waals surface area contributed by atoms with Gasteiger partial charge in [0.25, 0.3) is 5.91 Å². The minimum absolute atomic E-state index is 0.0566. The van der Waals surface area contributed by atoms with Crippen LogP contribution in [0.25, 0.3) is 0 Å². The van der Waals surface area contributed by atoms with E-state index in [1.54, 1.807) is 13.8 Å². The average molecular weight is 398 g/mol. The van der Waals surface area contributed by atoms with E-state index in [1.165, 1.54) is 28.6 Å². The maximum Gasteiger partial charge on any atom is 0.269 e. The fourth-order valence-electron chi connectivity index (χ4n) is 2.66. The van der Waals surface area contributed by atoms with E-state index < -0.39 is 15.9 Å². The number of carbonyl (C=O) groups is 2. The van der Waals surface area contributed by atoms with E-state index in [2.05, 4.69) is 17.8 Å². The van der Waals surface area contributed by atoms with E-state index in [0.29, 0.717) is 19.5 Å². The van der Waals surface area contributed by atoms with Crippen molar-refractivity contribution in [2.24, 2.45) is 0 Å². The Bertz CT molecular complexity index is 715. The van der Waals surface area contributed by atoms with Crippen molar-refractivity contribution in [3.05, 3.63) is 29.8 Å². The van der Waals surface area contributed by atoms with Gasteiger partial charge in [0, 0.05) is 25.1 Å². The maximum atomic E-state index is 12.6. The van der Waals surface area contributed by atoms with Crippen LogP contribution in [-0.4, -0.2) is 37.6 Å². The third kappa shape index (κ3) is 7.30. The monoisotopic (exact) mass is 397 g/mol. The Kier molecular flexibility index (Phi) is 10.0. The normalized spacial score (nSPS) is 11.4. The number of nitrogens with zero attached hydrogens (tertiary/aromatic N) is 1. The Morgan fingerprint density at radius 1 is 0.963 bits per heavy atom. The van der Waals surface area contributed by atoms with Crippen LogP contribution in [0.5, 0.6) is 0 Å². The lowest BCUT2D eigenvalue weighted by atomic mass is 10.1. The van der Waals surface area contributed by atoms with Gasteiger partial charge in [-0.2, -0.15) is 4.31 Å². The number of hydrogen-bond acceptors (Lipinski definition) is 4. The van der Waals surface area contributed by atoms with Gasteiger partial charge >= 0.3 is 0 Å². The first-order valence-electron chi connectivity index (χ1n) is 9.56. The molecule has 0 saturated heterocycles. The highest BCUT2D eigenvalue weighted by Gasteiger charge is 2.22. The Hall–Kier alpha value is -1.93. The van der Waals surface area contributed by atoms with Gasteiger partial charge < -0.3 is 0 Å². The molecule has 2 amide bonds. The number of carbonyl (C=O) groups excluding carboxylic acids is 2. The molecule has 0 aliphatic rings. The van der Waals surface area contributed by atoms with Crippen molar-refractivity contribution in [3.8, 4) is 0 Å². The van der Waals surface area contributed by atoms with Crippen molar-refractivity contribution >= 4 is 21.8 Å². The molecule has 7 nitrogen and oxygen atoms in total. The third-order valence-corrected chi connectivity index (χ3v) is 6.31. The lowest BCUT2D eigenvalue weighted by Gasteiger charge is -2.18. The van der Waals surface area contributed by atoms with Gasteiger partial charge in [-0.3, -0.25) is 20.4 Å². The summed E-state index contributed by atoms with van der Waals surface area (Å²) in [7, 11) is -3.64. The average Bonchev–Trinajstić information content (AvgIpc) is 2.66. The van der Waals surface area contributed by atoms with Crippen molar-refractivity contribution < 1.29 is 18.0 Å². The van der Waals surface area contributed by atoms with Gasteiger partial charge in [-0.1, -0.05) is 52.5 Å². The van der Waals surface area contributed by atoms with E-state index in [0.717, 1.165) is 32.1 Å². The molecule has 0 unspecified atom stereocenters. The van der Waals surface area contributed by atoms with Crippen LogP contribution in [0, 0.1) is 0 Å². The van der Waals surface area contributed by atoms with Crippen molar-refractivity contribution in [1.29, 1.82) is 0 Å². The molecule has 0 atom stereocenters. The molecule has 152 valence electrons. The predicted molar refractivity (Wildman–Crippen MR) is 106 cm³/mol. The summed E-state index contributed by atoms with van der Waals surface area (Å²) in [6.07, 6.45) is 5.51. The number of hydrazine groups is 1. The van der Waals surface area contributed by atoms with E-state index in [4.69, 9.17) is 0 Å². The summed E-state index contributed by atoms with van der Waals surface area (Å²) in [4.78, 5) is 24.1. The van der Waals surface area contributed by atoms with Gasteiger partial charge in [0.15, 0.2) is 0 Å². The van der Waals surface area contributed by atoms with E-state index in [-0.39, 0.29) is 16.4 Å². The van der Waals surface area contributed by atoms with Crippen molar-refractivity contribution in [3.63, 3.8) is 0 Å². The van der Waals surface area contributed by atoms with Crippen molar-refractivity contribution in [2.75, 3.05) is 13.1 Å². The summed E-state index contributed by atoms with van der Waals surface area (Å²) in [6, 6.07) is 5.80. The zero-order valence-electron chi connectivity index (χ0n) is 16.5. The number of unbranched alkanes of at least 4 members (excludes halogenated alkanes) is 4. The summed E-state index contributed by atoms with van der Waals surface area (Å²) in [5.74, 6) is -0.808. The fraction of sp³-hybridized carbons (Fsp3) is 0.579. The minimum Gasteiger partial charge on any atom is -0.273 e. The lowest BCUT2D eigenvalue weighted by molar-refractivity contribution is -0.122. The molecule has 27 heavy (non-hydrogen) atoms. The highest BCUT2D eigenvalue weighted by atomic mass is 32.2. The molecular formula is C19H31N3O4S. The number of hydrogen-bond donors (Lipinski definition) is 2. The first-order valence-corrected chi connectivity index (χ1v) is 11.0. The molecule has 1 aromatic carbocycles. The molecule has 0 aliphatic heterocycles. The van der Waals surface area contributed by atoms with Crippen molar-refractivity contribution in [2.45, 2.75) is 64.2 Å². The lowest BCUT2D eigenvalue weighted by Crippen LogP contribution is -2.41. The van der Waals surface area contributed by atoms with Crippen LogP contribution in [0.3, 0.4) is 0 Å². The molecule has 0 radical (unpaired) electrons. The highest BCUT2D eigenvalue weighted by Crippen LogP contribution is 2.16. The molecule has 2 N–H and O–H groups in total. The molecule has 0 heterocycles. The molecular weight excluding hydrogens is 366 g/mol. The van der Waals surface area contributed by atoms with Gasteiger partial charge in [0.05, 0.1) is 4.90 Å². The largest absolute Gasteiger partial charge is 0.273 e. The SMILES string of the molecule is CCCCCCCC(=O)NNC(=O)c1cccc(S(=O)(=O)N(CC)CC)c1. The zero-order chi connectivity index (χ0) is 20.3. The smallest absolute Gasteiger partial charge is 0.269 e. The Labute approximate surface area is 162 Å². The first-order chi connectivity index (χ1) is 12.9.